The number of hydrogen-bond acceptors (Lipinski definition) is 5. The average Bonchev–Trinajstić information content (AvgIpc) is 2.97. The molecule has 1 aromatic carbocycles. The maximum absolute atomic E-state index is 12.3. The molecule has 2 N–H and O–H groups in total. The number of nitrogens with one attached hydrogen (secondary N) is 1. The largest absolute Gasteiger partial charge is 0.445 e. The summed E-state index contributed by atoms with van der Waals surface area (Å²) in [5, 5.41) is 9.51. The summed E-state index contributed by atoms with van der Waals surface area (Å²) >= 11 is 0. The number of hydrogen-bond donors (Lipinski definition) is 2. The molecule has 0 saturated carbocycles. The van der Waals surface area contributed by atoms with E-state index in [4.69, 9.17) is 9.52 Å². The third-order valence-electron chi connectivity index (χ3n) is 2.93. The van der Waals surface area contributed by atoms with E-state index in [1.165, 1.54) is 12.1 Å². The van der Waals surface area contributed by atoms with E-state index < -0.39 is 10.0 Å². The smallest absolute Gasteiger partial charge is 0.295 e. The van der Waals surface area contributed by atoms with Crippen LogP contribution in [0, 0.1) is 0 Å². The normalized spacial score (nSPS) is 11.7. The molecular formula is C14H12N2O4S. The van der Waals surface area contributed by atoms with Crippen molar-refractivity contribution in [3.8, 4) is 0 Å². The first-order valence-corrected chi connectivity index (χ1v) is 7.64. The van der Waals surface area contributed by atoms with Crippen LogP contribution in [0.3, 0.4) is 0 Å². The number of aromatic nitrogens is 1. The number of fused-ring (bicyclic) bond motifs is 1. The summed E-state index contributed by atoms with van der Waals surface area (Å²) in [6, 6.07) is 11.5. The SMILES string of the molecule is O=S(=O)(Nc1cccc2cccnc12)c1ccc(CO)o1. The van der Waals surface area contributed by atoms with Crippen molar-refractivity contribution in [1.29, 1.82) is 0 Å². The Labute approximate surface area is 121 Å². The lowest BCUT2D eigenvalue weighted by Crippen LogP contribution is -2.12. The molecule has 0 atom stereocenters. The van der Waals surface area contributed by atoms with Crippen LogP contribution < -0.4 is 4.72 Å². The highest BCUT2D eigenvalue weighted by molar-refractivity contribution is 7.92. The molecule has 0 saturated heterocycles. The minimum absolute atomic E-state index is 0.186. The number of furan rings is 1. The van der Waals surface area contributed by atoms with Gasteiger partial charge in [0.2, 0.25) is 5.09 Å². The lowest BCUT2D eigenvalue weighted by Gasteiger charge is -2.08. The van der Waals surface area contributed by atoms with Gasteiger partial charge in [0.25, 0.3) is 10.0 Å². The lowest BCUT2D eigenvalue weighted by atomic mass is 10.2. The van der Waals surface area contributed by atoms with Gasteiger partial charge in [-0.1, -0.05) is 18.2 Å². The fraction of sp³-hybridized carbons (Fsp3) is 0.0714. The van der Waals surface area contributed by atoms with Crippen LogP contribution in [-0.4, -0.2) is 18.5 Å². The fourth-order valence-corrected chi connectivity index (χ4v) is 2.99. The standard InChI is InChI=1S/C14H12N2O4S/c17-9-11-6-7-13(20-11)21(18,19)16-12-5-1-3-10-4-2-8-15-14(10)12/h1-8,16-17H,9H2. The van der Waals surface area contributed by atoms with Crippen LogP contribution in [0.15, 0.2) is 58.2 Å². The van der Waals surface area contributed by atoms with Crippen LogP contribution in [0.4, 0.5) is 5.69 Å². The minimum atomic E-state index is -3.86. The van der Waals surface area contributed by atoms with Gasteiger partial charge in [-0.25, -0.2) is 0 Å². The Balaban J connectivity index is 2.01. The van der Waals surface area contributed by atoms with Gasteiger partial charge >= 0.3 is 0 Å². The molecule has 0 aliphatic carbocycles. The molecule has 0 aliphatic heterocycles. The van der Waals surface area contributed by atoms with Gasteiger partial charge in [-0.05, 0) is 24.3 Å². The number of anilines is 1. The van der Waals surface area contributed by atoms with Gasteiger partial charge in [-0.3, -0.25) is 9.71 Å². The van der Waals surface area contributed by atoms with Crippen LogP contribution in [-0.2, 0) is 16.6 Å². The minimum Gasteiger partial charge on any atom is -0.445 e. The first kappa shape index (κ1) is 13.6. The highest BCUT2D eigenvalue weighted by Gasteiger charge is 2.20. The van der Waals surface area contributed by atoms with Gasteiger partial charge in [-0.2, -0.15) is 8.42 Å². The van der Waals surface area contributed by atoms with Gasteiger partial charge in [0, 0.05) is 11.6 Å². The summed E-state index contributed by atoms with van der Waals surface area (Å²) in [6.45, 7) is -0.356. The number of benzene rings is 1. The van der Waals surface area contributed by atoms with Gasteiger partial charge < -0.3 is 9.52 Å². The molecule has 3 rings (SSSR count). The predicted octanol–water partition coefficient (Wildman–Crippen LogP) is 2.12. The van der Waals surface area contributed by atoms with Gasteiger partial charge in [0.1, 0.15) is 12.4 Å². The summed E-state index contributed by atoms with van der Waals surface area (Å²) in [7, 11) is -3.86. The van der Waals surface area contributed by atoms with Crippen LogP contribution >= 0.6 is 0 Å². The molecular weight excluding hydrogens is 292 g/mol. The zero-order valence-corrected chi connectivity index (χ0v) is 11.7. The lowest BCUT2D eigenvalue weighted by molar-refractivity contribution is 0.236. The highest BCUT2D eigenvalue weighted by atomic mass is 32.2. The second-order valence-corrected chi connectivity index (χ2v) is 5.98. The number of sulfonamides is 1. The van der Waals surface area contributed by atoms with Crippen molar-refractivity contribution in [2.45, 2.75) is 11.7 Å². The van der Waals surface area contributed by atoms with Crippen molar-refractivity contribution in [2.75, 3.05) is 4.72 Å². The Morgan fingerprint density at radius 3 is 2.71 bits per heavy atom. The highest BCUT2D eigenvalue weighted by Crippen LogP contribution is 2.24. The molecule has 0 fully saturated rings. The molecule has 0 aliphatic rings. The van der Waals surface area contributed by atoms with E-state index in [2.05, 4.69) is 9.71 Å². The third kappa shape index (κ3) is 2.61. The molecule has 0 amide bonds. The van der Waals surface area contributed by atoms with Crippen molar-refractivity contribution in [3.05, 3.63) is 54.4 Å². The Kier molecular flexibility index (Phi) is 3.36. The number of aliphatic hydroxyl groups is 1. The number of aliphatic hydroxyl groups excluding tert-OH is 1. The maximum atomic E-state index is 12.3. The molecule has 108 valence electrons. The number of para-hydroxylation sites is 1. The number of pyridine rings is 1. The van der Waals surface area contributed by atoms with Crippen LogP contribution in [0.2, 0.25) is 0 Å². The van der Waals surface area contributed by atoms with E-state index in [1.807, 2.05) is 12.1 Å². The average molecular weight is 304 g/mol. The summed E-state index contributed by atoms with van der Waals surface area (Å²) in [4.78, 5) is 4.18. The van der Waals surface area contributed by atoms with Crippen molar-refractivity contribution in [3.63, 3.8) is 0 Å². The van der Waals surface area contributed by atoms with Crippen LogP contribution in [0.1, 0.15) is 5.76 Å². The van der Waals surface area contributed by atoms with Crippen molar-refractivity contribution in [1.82, 2.24) is 4.98 Å². The Morgan fingerprint density at radius 2 is 1.95 bits per heavy atom. The molecule has 21 heavy (non-hydrogen) atoms. The molecule has 0 spiro atoms. The predicted molar refractivity (Wildman–Crippen MR) is 77.2 cm³/mol. The molecule has 2 aromatic heterocycles. The van der Waals surface area contributed by atoms with Gasteiger partial charge in [0.15, 0.2) is 0 Å². The van der Waals surface area contributed by atoms with E-state index in [9.17, 15) is 8.42 Å². The molecule has 2 heterocycles. The van der Waals surface area contributed by atoms with E-state index in [-0.39, 0.29) is 17.5 Å². The Bertz CT molecular complexity index is 881. The van der Waals surface area contributed by atoms with E-state index in [0.717, 1.165) is 5.39 Å². The van der Waals surface area contributed by atoms with Crippen LogP contribution in [0.25, 0.3) is 10.9 Å². The van der Waals surface area contributed by atoms with Crippen molar-refractivity contribution >= 4 is 26.6 Å². The summed E-state index contributed by atoms with van der Waals surface area (Å²) in [6.07, 6.45) is 1.59. The topological polar surface area (TPSA) is 92.4 Å². The molecule has 6 nitrogen and oxygen atoms in total. The first-order valence-electron chi connectivity index (χ1n) is 6.16. The zero-order chi connectivity index (χ0) is 14.9. The number of nitrogens with zero attached hydrogens (tertiary/aromatic N) is 1. The van der Waals surface area contributed by atoms with Crippen molar-refractivity contribution < 1.29 is 17.9 Å². The van der Waals surface area contributed by atoms with Crippen LogP contribution in [0.5, 0.6) is 0 Å². The monoisotopic (exact) mass is 304 g/mol. The van der Waals surface area contributed by atoms with E-state index in [1.54, 1.807) is 24.4 Å². The summed E-state index contributed by atoms with van der Waals surface area (Å²) in [5.74, 6) is 0.186. The van der Waals surface area contributed by atoms with Gasteiger partial charge in [0.05, 0.1) is 11.2 Å². The zero-order valence-electron chi connectivity index (χ0n) is 10.9. The van der Waals surface area contributed by atoms with E-state index >= 15 is 0 Å². The summed E-state index contributed by atoms with van der Waals surface area (Å²) < 4.78 is 32.0. The second-order valence-electron chi connectivity index (χ2n) is 4.37. The first-order chi connectivity index (χ1) is 10.1. The molecule has 0 bridgehead atoms. The number of rotatable bonds is 4. The third-order valence-corrected chi connectivity index (χ3v) is 4.17. The summed E-state index contributed by atoms with van der Waals surface area (Å²) in [5.41, 5.74) is 0.924. The Hall–Kier alpha value is -2.38. The van der Waals surface area contributed by atoms with Crippen molar-refractivity contribution in [2.24, 2.45) is 0 Å². The molecule has 3 aromatic rings. The maximum Gasteiger partial charge on any atom is 0.295 e. The van der Waals surface area contributed by atoms with E-state index in [0.29, 0.717) is 11.2 Å². The van der Waals surface area contributed by atoms with Gasteiger partial charge in [-0.15, -0.1) is 0 Å². The Morgan fingerprint density at radius 1 is 1.14 bits per heavy atom. The quantitative estimate of drug-likeness (QED) is 0.770. The second kappa shape index (κ2) is 5.19. The fourth-order valence-electron chi connectivity index (χ4n) is 1.97. The molecule has 7 heteroatoms. The molecule has 0 unspecified atom stereocenters. The molecule has 0 radical (unpaired) electrons.